The van der Waals surface area contributed by atoms with E-state index in [4.69, 9.17) is 21.1 Å². The number of rotatable bonds is 10. The maximum atomic E-state index is 12.3. The molecule has 2 heterocycles. The zero-order chi connectivity index (χ0) is 24.6. The lowest BCUT2D eigenvalue weighted by Crippen LogP contribution is -2.40. The fraction of sp³-hybridized carbons (Fsp3) is 0.481. The summed E-state index contributed by atoms with van der Waals surface area (Å²) in [5.41, 5.74) is 2.24. The third kappa shape index (κ3) is 6.82. The summed E-state index contributed by atoms with van der Waals surface area (Å²) >= 11 is 5.91. The Morgan fingerprint density at radius 1 is 1.23 bits per heavy atom. The molecule has 7 nitrogen and oxygen atoms in total. The number of unbranched alkanes of at least 4 members (excludes halogenated alkanes) is 1. The Labute approximate surface area is 211 Å². The molecule has 3 aromatic rings. The monoisotopic (exact) mass is 499 g/mol. The lowest BCUT2D eigenvalue weighted by Gasteiger charge is -2.32. The molecule has 35 heavy (non-hydrogen) atoms. The van der Waals surface area contributed by atoms with Crippen LogP contribution in [0.15, 0.2) is 36.4 Å². The van der Waals surface area contributed by atoms with Gasteiger partial charge in [0.2, 0.25) is 0 Å². The van der Waals surface area contributed by atoms with Crippen molar-refractivity contribution in [1.29, 1.82) is 0 Å². The van der Waals surface area contributed by atoms with Gasteiger partial charge in [0, 0.05) is 18.1 Å². The predicted molar refractivity (Wildman–Crippen MR) is 137 cm³/mol. The Balaban J connectivity index is 1.28. The summed E-state index contributed by atoms with van der Waals surface area (Å²) in [5.74, 6) is 2.04. The van der Waals surface area contributed by atoms with Gasteiger partial charge >= 0.3 is 6.09 Å². The lowest BCUT2D eigenvalue weighted by molar-refractivity contribution is 0.0820. The molecule has 1 amide bonds. The second-order valence-electron chi connectivity index (χ2n) is 9.21. The number of phenols is 1. The van der Waals surface area contributed by atoms with Crippen LogP contribution in [0.25, 0.3) is 11.0 Å². The molecule has 1 aliphatic rings. The van der Waals surface area contributed by atoms with Gasteiger partial charge in [-0.15, -0.1) is 0 Å². The third-order valence-electron chi connectivity index (χ3n) is 6.51. The van der Waals surface area contributed by atoms with Gasteiger partial charge in [-0.2, -0.15) is 0 Å². The van der Waals surface area contributed by atoms with Gasteiger partial charge in [-0.05, 0) is 80.3 Å². The van der Waals surface area contributed by atoms with Crippen LogP contribution in [0.5, 0.6) is 11.5 Å². The molecule has 0 aliphatic carbocycles. The summed E-state index contributed by atoms with van der Waals surface area (Å²) in [6.07, 6.45) is 6.60. The summed E-state index contributed by atoms with van der Waals surface area (Å²) in [6.45, 7) is 4.39. The van der Waals surface area contributed by atoms with Crippen LogP contribution in [0.1, 0.15) is 56.8 Å². The molecular formula is C27H34ClN3O4. The molecule has 2 aromatic carbocycles. The molecule has 0 spiro atoms. The smallest absolute Gasteiger partial charge is 0.409 e. The number of nitrogens with one attached hydrogen (secondary N) is 1. The van der Waals surface area contributed by atoms with Gasteiger partial charge in [0.05, 0.1) is 12.1 Å². The number of nitrogens with zero attached hydrogens (tertiary/aromatic N) is 2. The van der Waals surface area contributed by atoms with Crippen LogP contribution in [-0.4, -0.2) is 45.8 Å². The number of phenolic OH excluding ortho intramolecular Hbond substituents is 1. The number of carbonyl (C=O) groups is 1. The van der Waals surface area contributed by atoms with Crippen molar-refractivity contribution < 1.29 is 19.4 Å². The van der Waals surface area contributed by atoms with E-state index in [0.29, 0.717) is 34.6 Å². The number of aromatic nitrogens is 2. The van der Waals surface area contributed by atoms with Gasteiger partial charge in [0.1, 0.15) is 29.4 Å². The van der Waals surface area contributed by atoms with Crippen LogP contribution in [-0.2, 0) is 17.8 Å². The fourth-order valence-corrected chi connectivity index (χ4v) is 4.68. The highest BCUT2D eigenvalue weighted by Gasteiger charge is 2.24. The number of ether oxygens (including phenoxy) is 2. The number of H-pyrrole nitrogens is 1. The molecule has 1 unspecified atom stereocenters. The number of piperidine rings is 1. The number of aromatic hydroxyl groups is 1. The number of halogens is 1. The van der Waals surface area contributed by atoms with Crippen LogP contribution in [0.3, 0.4) is 0 Å². The van der Waals surface area contributed by atoms with Crippen molar-refractivity contribution >= 4 is 28.7 Å². The van der Waals surface area contributed by atoms with Crippen molar-refractivity contribution in [3.63, 3.8) is 0 Å². The van der Waals surface area contributed by atoms with Gasteiger partial charge in [-0.25, -0.2) is 9.78 Å². The topological polar surface area (TPSA) is 87.7 Å². The number of imidazole rings is 1. The molecule has 1 fully saturated rings. The molecule has 1 atom stereocenters. The summed E-state index contributed by atoms with van der Waals surface area (Å²) in [7, 11) is 0. The average molecular weight is 500 g/mol. The Bertz CT molecular complexity index is 1120. The predicted octanol–water partition coefficient (Wildman–Crippen LogP) is 6.47. The van der Waals surface area contributed by atoms with E-state index in [1.165, 1.54) is 0 Å². The molecule has 0 bridgehead atoms. The first-order chi connectivity index (χ1) is 17.0. The minimum Gasteiger partial charge on any atom is -0.505 e. The molecule has 8 heteroatoms. The van der Waals surface area contributed by atoms with Gasteiger partial charge < -0.3 is 24.5 Å². The normalized spacial score (nSPS) is 15.9. The molecule has 188 valence electrons. The highest BCUT2D eigenvalue weighted by atomic mass is 35.5. The lowest BCUT2D eigenvalue weighted by atomic mass is 9.92. The Morgan fingerprint density at radius 3 is 2.86 bits per heavy atom. The molecule has 4 rings (SSSR count). The maximum absolute atomic E-state index is 12.3. The van der Waals surface area contributed by atoms with Gasteiger partial charge in [0.15, 0.2) is 0 Å². The first kappa shape index (κ1) is 25.2. The number of fused-ring (bicyclic) bond motifs is 1. The standard InChI is InChI=1S/C27H34ClN3O4/c1-2-3-16-34-27(33)31-15-5-7-19(17-31)6-4-8-20-9-14-23-25(26(20)32)30-24(29-23)18-35-22-12-10-21(28)11-13-22/h9-14,19,32H,2-8,15-18H2,1H3,(H,29,30). The minimum atomic E-state index is -0.180. The molecule has 0 saturated carbocycles. The van der Waals surface area contributed by atoms with Crippen molar-refractivity contribution in [2.24, 2.45) is 5.92 Å². The molecule has 0 radical (unpaired) electrons. The van der Waals surface area contributed by atoms with Gasteiger partial charge in [0.25, 0.3) is 0 Å². The van der Waals surface area contributed by atoms with E-state index in [1.54, 1.807) is 12.1 Å². The highest BCUT2D eigenvalue weighted by molar-refractivity contribution is 6.30. The highest BCUT2D eigenvalue weighted by Crippen LogP contribution is 2.30. The second-order valence-corrected chi connectivity index (χ2v) is 9.65. The summed E-state index contributed by atoms with van der Waals surface area (Å²) < 4.78 is 11.1. The number of likely N-dealkylation sites (tertiary alicyclic amines) is 1. The van der Waals surface area contributed by atoms with Crippen LogP contribution in [0.4, 0.5) is 4.79 Å². The largest absolute Gasteiger partial charge is 0.505 e. The number of aromatic amines is 1. The van der Waals surface area contributed by atoms with Crippen molar-refractivity contribution in [2.45, 2.75) is 58.5 Å². The number of benzene rings is 2. The van der Waals surface area contributed by atoms with Gasteiger partial charge in [-0.3, -0.25) is 0 Å². The van der Waals surface area contributed by atoms with Crippen molar-refractivity contribution in [1.82, 2.24) is 14.9 Å². The van der Waals surface area contributed by atoms with E-state index in [9.17, 15) is 9.90 Å². The van der Waals surface area contributed by atoms with Crippen LogP contribution >= 0.6 is 11.6 Å². The molecule has 1 aromatic heterocycles. The fourth-order valence-electron chi connectivity index (χ4n) is 4.55. The first-order valence-electron chi connectivity index (χ1n) is 12.5. The quantitative estimate of drug-likeness (QED) is 0.312. The van der Waals surface area contributed by atoms with E-state index in [2.05, 4.69) is 16.9 Å². The van der Waals surface area contributed by atoms with E-state index in [1.807, 2.05) is 29.2 Å². The van der Waals surface area contributed by atoms with Crippen molar-refractivity contribution in [3.05, 3.63) is 52.8 Å². The zero-order valence-corrected chi connectivity index (χ0v) is 21.0. The second kappa shape index (κ2) is 12.2. The van der Waals surface area contributed by atoms with Gasteiger partial charge in [-0.1, -0.05) is 31.0 Å². The zero-order valence-electron chi connectivity index (χ0n) is 20.3. The maximum Gasteiger partial charge on any atom is 0.409 e. The molecule has 1 saturated heterocycles. The van der Waals surface area contributed by atoms with Crippen LogP contribution in [0, 0.1) is 5.92 Å². The number of carbonyl (C=O) groups excluding carboxylic acids is 1. The van der Waals surface area contributed by atoms with Crippen LogP contribution in [0.2, 0.25) is 5.02 Å². The first-order valence-corrected chi connectivity index (χ1v) is 12.9. The SMILES string of the molecule is CCCCOC(=O)N1CCCC(CCCc2ccc3[nH]c(COc4ccc(Cl)cc4)nc3c2O)C1. The van der Waals surface area contributed by atoms with Crippen molar-refractivity contribution in [3.8, 4) is 11.5 Å². The number of hydrogen-bond donors (Lipinski definition) is 2. The summed E-state index contributed by atoms with van der Waals surface area (Å²) in [6, 6.07) is 11.1. The number of aryl methyl sites for hydroxylation is 1. The molecule has 1 aliphatic heterocycles. The number of amides is 1. The Morgan fingerprint density at radius 2 is 2.06 bits per heavy atom. The van der Waals surface area contributed by atoms with E-state index in [-0.39, 0.29) is 18.4 Å². The van der Waals surface area contributed by atoms with E-state index >= 15 is 0 Å². The summed E-state index contributed by atoms with van der Waals surface area (Å²) in [5, 5.41) is 11.5. The molecular weight excluding hydrogens is 466 g/mol. The Hall–Kier alpha value is -2.93. The minimum absolute atomic E-state index is 0.180. The number of hydrogen-bond acceptors (Lipinski definition) is 5. The third-order valence-corrected chi connectivity index (χ3v) is 6.76. The average Bonchev–Trinajstić information content (AvgIpc) is 3.29. The Kier molecular flexibility index (Phi) is 8.74. The van der Waals surface area contributed by atoms with E-state index in [0.717, 1.165) is 69.1 Å². The summed E-state index contributed by atoms with van der Waals surface area (Å²) in [4.78, 5) is 21.9. The molecule has 2 N–H and O–H groups in total. The van der Waals surface area contributed by atoms with Crippen LogP contribution < -0.4 is 4.74 Å². The van der Waals surface area contributed by atoms with Crippen molar-refractivity contribution in [2.75, 3.05) is 19.7 Å². The van der Waals surface area contributed by atoms with E-state index < -0.39 is 0 Å².